The van der Waals surface area contributed by atoms with Crippen molar-refractivity contribution in [2.75, 3.05) is 18.0 Å². The lowest BCUT2D eigenvalue weighted by molar-refractivity contribution is -0.131. The van der Waals surface area contributed by atoms with Crippen LogP contribution in [-0.2, 0) is 11.3 Å². The van der Waals surface area contributed by atoms with Crippen LogP contribution in [0.15, 0.2) is 24.3 Å². The lowest BCUT2D eigenvalue weighted by atomic mass is 10.1. The number of carbonyl (C=O) groups excluding carboxylic acids is 1. The molecule has 0 bridgehead atoms. The maximum atomic E-state index is 12.6. The molecular weight excluding hydrogens is 262 g/mol. The summed E-state index contributed by atoms with van der Waals surface area (Å²) < 4.78 is 0. The van der Waals surface area contributed by atoms with Crippen molar-refractivity contribution in [2.45, 2.75) is 52.2 Å². The Balaban J connectivity index is 2.19. The van der Waals surface area contributed by atoms with Gasteiger partial charge in [-0.05, 0) is 51.3 Å². The van der Waals surface area contributed by atoms with Crippen LogP contribution in [0.25, 0.3) is 0 Å². The first kappa shape index (κ1) is 15.8. The molecule has 0 saturated heterocycles. The summed E-state index contributed by atoms with van der Waals surface area (Å²) in [5, 5.41) is 0. The number of nitrogens with zero attached hydrogens (tertiary/aromatic N) is 2. The molecule has 1 aliphatic carbocycles. The van der Waals surface area contributed by atoms with Gasteiger partial charge in [0.2, 0.25) is 5.91 Å². The number of rotatable bonds is 7. The Hall–Kier alpha value is -1.55. The minimum absolute atomic E-state index is 0.110. The molecular formula is C17H27N3O. The van der Waals surface area contributed by atoms with E-state index in [1.165, 1.54) is 12.8 Å². The number of hydrogen-bond acceptors (Lipinski definition) is 3. The van der Waals surface area contributed by atoms with Crippen molar-refractivity contribution in [3.8, 4) is 0 Å². The van der Waals surface area contributed by atoms with Gasteiger partial charge in [0, 0.05) is 31.4 Å². The van der Waals surface area contributed by atoms with Gasteiger partial charge in [0.25, 0.3) is 0 Å². The van der Waals surface area contributed by atoms with E-state index in [2.05, 4.69) is 29.2 Å². The predicted octanol–water partition coefficient (Wildman–Crippen LogP) is 2.37. The first-order valence-electron chi connectivity index (χ1n) is 7.98. The summed E-state index contributed by atoms with van der Waals surface area (Å²) in [4.78, 5) is 16.8. The van der Waals surface area contributed by atoms with E-state index >= 15 is 0 Å². The van der Waals surface area contributed by atoms with Crippen LogP contribution in [0.2, 0.25) is 0 Å². The van der Waals surface area contributed by atoms with Crippen LogP contribution in [0.1, 0.15) is 39.2 Å². The maximum absolute atomic E-state index is 12.6. The van der Waals surface area contributed by atoms with E-state index in [4.69, 9.17) is 5.73 Å². The first-order valence-corrected chi connectivity index (χ1v) is 7.98. The summed E-state index contributed by atoms with van der Waals surface area (Å²) in [6.07, 6.45) is 2.35. The second-order valence-corrected chi connectivity index (χ2v) is 5.70. The molecule has 2 rings (SSSR count). The first-order chi connectivity index (χ1) is 10.1. The van der Waals surface area contributed by atoms with Crippen molar-refractivity contribution >= 4 is 11.6 Å². The topological polar surface area (TPSA) is 49.6 Å². The number of hydrogen-bond donors (Lipinski definition) is 1. The van der Waals surface area contributed by atoms with Crippen LogP contribution < -0.4 is 10.6 Å². The molecule has 0 radical (unpaired) electrons. The molecule has 4 nitrogen and oxygen atoms in total. The Labute approximate surface area is 127 Å². The number of amides is 1. The van der Waals surface area contributed by atoms with E-state index in [1.807, 2.05) is 25.7 Å². The molecule has 21 heavy (non-hydrogen) atoms. The van der Waals surface area contributed by atoms with Crippen LogP contribution in [-0.4, -0.2) is 36.0 Å². The molecule has 1 fully saturated rings. The van der Waals surface area contributed by atoms with Crippen molar-refractivity contribution in [3.63, 3.8) is 0 Å². The van der Waals surface area contributed by atoms with E-state index in [0.29, 0.717) is 12.6 Å². The fourth-order valence-corrected chi connectivity index (χ4v) is 2.83. The summed E-state index contributed by atoms with van der Waals surface area (Å²) in [5.41, 5.74) is 7.91. The fourth-order valence-electron chi connectivity index (χ4n) is 2.83. The molecule has 1 saturated carbocycles. The van der Waals surface area contributed by atoms with E-state index in [1.54, 1.807) is 0 Å². The monoisotopic (exact) mass is 289 g/mol. The van der Waals surface area contributed by atoms with E-state index in [-0.39, 0.29) is 11.9 Å². The molecule has 1 unspecified atom stereocenters. The molecule has 2 N–H and O–H groups in total. The van der Waals surface area contributed by atoms with E-state index in [9.17, 15) is 4.79 Å². The smallest absolute Gasteiger partial charge is 0.244 e. The Kier molecular flexibility index (Phi) is 5.23. The standard InChI is InChI=1S/C17H27N3O/c1-4-19(5-2)17(21)13(3)20(16-10-11-16)15-8-6-14(12-18)7-9-15/h6-9,13,16H,4-5,10-12,18H2,1-3H3. The third kappa shape index (κ3) is 3.56. The molecule has 1 aromatic rings. The van der Waals surface area contributed by atoms with Gasteiger partial charge in [-0.3, -0.25) is 4.79 Å². The SMILES string of the molecule is CCN(CC)C(=O)C(C)N(c1ccc(CN)cc1)C1CC1. The number of benzene rings is 1. The highest BCUT2D eigenvalue weighted by Gasteiger charge is 2.36. The van der Waals surface area contributed by atoms with Gasteiger partial charge in [-0.2, -0.15) is 0 Å². The molecule has 116 valence electrons. The molecule has 1 aliphatic rings. The van der Waals surface area contributed by atoms with Gasteiger partial charge in [0.1, 0.15) is 6.04 Å². The summed E-state index contributed by atoms with van der Waals surface area (Å²) >= 11 is 0. The van der Waals surface area contributed by atoms with Crippen LogP contribution in [0.5, 0.6) is 0 Å². The van der Waals surface area contributed by atoms with Crippen LogP contribution in [0, 0.1) is 0 Å². The lowest BCUT2D eigenvalue weighted by Gasteiger charge is -2.34. The maximum Gasteiger partial charge on any atom is 0.244 e. The van der Waals surface area contributed by atoms with Gasteiger partial charge in [-0.15, -0.1) is 0 Å². The zero-order valence-corrected chi connectivity index (χ0v) is 13.4. The summed E-state index contributed by atoms with van der Waals surface area (Å²) in [5.74, 6) is 0.217. The summed E-state index contributed by atoms with van der Waals surface area (Å²) in [6, 6.07) is 8.68. The fraction of sp³-hybridized carbons (Fsp3) is 0.588. The summed E-state index contributed by atoms with van der Waals surface area (Å²) in [6.45, 7) is 8.18. The predicted molar refractivity (Wildman–Crippen MR) is 87.2 cm³/mol. The third-order valence-electron chi connectivity index (χ3n) is 4.26. The third-order valence-corrected chi connectivity index (χ3v) is 4.26. The highest BCUT2D eigenvalue weighted by molar-refractivity contribution is 5.85. The van der Waals surface area contributed by atoms with Gasteiger partial charge in [-0.25, -0.2) is 0 Å². The van der Waals surface area contributed by atoms with Crippen molar-refractivity contribution in [2.24, 2.45) is 5.73 Å². The van der Waals surface area contributed by atoms with Crippen molar-refractivity contribution < 1.29 is 4.79 Å². The van der Waals surface area contributed by atoms with Crippen LogP contribution in [0.3, 0.4) is 0 Å². The Morgan fingerprint density at radius 2 is 1.81 bits per heavy atom. The molecule has 1 amide bonds. The molecule has 1 aromatic carbocycles. The summed E-state index contributed by atoms with van der Waals surface area (Å²) in [7, 11) is 0. The van der Waals surface area contributed by atoms with Gasteiger partial charge in [-0.1, -0.05) is 12.1 Å². The second kappa shape index (κ2) is 6.94. The number of anilines is 1. The number of carbonyl (C=O) groups is 1. The highest BCUT2D eigenvalue weighted by Crippen LogP contribution is 2.34. The number of likely N-dealkylation sites (N-methyl/N-ethyl adjacent to an activating group) is 1. The largest absolute Gasteiger partial charge is 0.357 e. The van der Waals surface area contributed by atoms with Gasteiger partial charge in [0.05, 0.1) is 0 Å². The minimum Gasteiger partial charge on any atom is -0.357 e. The Morgan fingerprint density at radius 3 is 2.24 bits per heavy atom. The average molecular weight is 289 g/mol. The van der Waals surface area contributed by atoms with Crippen LogP contribution >= 0.6 is 0 Å². The van der Waals surface area contributed by atoms with E-state index in [0.717, 1.165) is 24.3 Å². The molecule has 1 atom stereocenters. The van der Waals surface area contributed by atoms with Crippen molar-refractivity contribution in [1.29, 1.82) is 0 Å². The quantitative estimate of drug-likeness (QED) is 0.838. The van der Waals surface area contributed by atoms with Crippen LogP contribution in [0.4, 0.5) is 5.69 Å². The zero-order valence-electron chi connectivity index (χ0n) is 13.4. The van der Waals surface area contributed by atoms with Gasteiger partial charge in [0.15, 0.2) is 0 Å². The molecule has 0 aromatic heterocycles. The molecule has 0 heterocycles. The number of nitrogens with two attached hydrogens (primary N) is 1. The van der Waals surface area contributed by atoms with E-state index < -0.39 is 0 Å². The Morgan fingerprint density at radius 1 is 1.24 bits per heavy atom. The second-order valence-electron chi connectivity index (χ2n) is 5.70. The highest BCUT2D eigenvalue weighted by atomic mass is 16.2. The minimum atomic E-state index is -0.110. The lowest BCUT2D eigenvalue weighted by Crippen LogP contribution is -2.48. The average Bonchev–Trinajstić information content (AvgIpc) is 3.34. The molecule has 4 heteroatoms. The zero-order chi connectivity index (χ0) is 15.4. The molecule has 0 spiro atoms. The van der Waals surface area contributed by atoms with Gasteiger partial charge < -0.3 is 15.5 Å². The van der Waals surface area contributed by atoms with Crippen molar-refractivity contribution in [1.82, 2.24) is 4.90 Å². The molecule has 0 aliphatic heterocycles. The normalized spacial score (nSPS) is 15.6. The Bertz CT molecular complexity index is 463. The van der Waals surface area contributed by atoms with Crippen molar-refractivity contribution in [3.05, 3.63) is 29.8 Å². The van der Waals surface area contributed by atoms with Gasteiger partial charge >= 0.3 is 0 Å².